The summed E-state index contributed by atoms with van der Waals surface area (Å²) >= 11 is 10.2. The van der Waals surface area contributed by atoms with Crippen LogP contribution in [-0.2, 0) is 9.59 Å². The Balaban J connectivity index is 2.11. The molecule has 1 aliphatic heterocycles. The molecule has 1 aromatic carbocycles. The van der Waals surface area contributed by atoms with Gasteiger partial charge in [0.2, 0.25) is 0 Å². The predicted octanol–water partition coefficient (Wildman–Crippen LogP) is 1.63. The van der Waals surface area contributed by atoms with Crippen LogP contribution >= 0.6 is 36.6 Å². The lowest BCUT2D eigenvalue weighted by Crippen LogP contribution is -2.42. The number of rotatable bonds is 5. The summed E-state index contributed by atoms with van der Waals surface area (Å²) in [6.07, 6.45) is 1.69. The van der Waals surface area contributed by atoms with Crippen LogP contribution in [0.4, 0.5) is 0 Å². The Bertz CT molecular complexity index is 731. The predicted molar refractivity (Wildman–Crippen MR) is 100 cm³/mol. The average molecular weight is 382 g/mol. The highest BCUT2D eigenvalue weighted by atomic mass is 32.2. The summed E-state index contributed by atoms with van der Waals surface area (Å²) < 4.78 is 0.494. The molecule has 1 aromatic rings. The van der Waals surface area contributed by atoms with Crippen molar-refractivity contribution in [3.8, 4) is 0 Å². The Morgan fingerprint density at radius 1 is 1.42 bits per heavy atom. The Hall–Kier alpha value is -1.84. The number of likely N-dealkylation sites (N-methyl/N-ethyl adjacent to an activating group) is 1. The number of hydrogen-bond donors (Lipinski definition) is 3. The number of hydrogen-bond acceptors (Lipinski definition) is 6. The topological polar surface area (TPSA) is 86.7 Å². The first kappa shape index (κ1) is 18.5. The summed E-state index contributed by atoms with van der Waals surface area (Å²) in [5.74, 6) is -1.80. The first-order valence-corrected chi connectivity index (χ1v) is 8.65. The molecule has 1 unspecified atom stereocenters. The molecule has 2 N–H and O–H groups in total. The number of thiocarbonyl (C=S) groups is 1. The van der Waals surface area contributed by atoms with E-state index in [4.69, 9.17) is 17.3 Å². The fourth-order valence-electron chi connectivity index (χ4n) is 1.85. The highest BCUT2D eigenvalue weighted by molar-refractivity contribution is 8.26. The van der Waals surface area contributed by atoms with E-state index in [0.717, 1.165) is 5.56 Å². The highest BCUT2D eigenvalue weighted by Crippen LogP contribution is 2.31. The lowest BCUT2D eigenvalue weighted by molar-refractivity contribution is -0.138. The molecule has 1 fully saturated rings. The average Bonchev–Trinajstić information content (AvgIpc) is 2.79. The van der Waals surface area contributed by atoms with Crippen LogP contribution in [0, 0.1) is 0 Å². The van der Waals surface area contributed by atoms with E-state index in [-0.39, 0.29) is 11.7 Å². The van der Waals surface area contributed by atoms with Crippen molar-refractivity contribution in [2.24, 2.45) is 0 Å². The van der Waals surface area contributed by atoms with Crippen LogP contribution in [-0.4, -0.2) is 51.0 Å². The number of benzene rings is 1. The van der Waals surface area contributed by atoms with Crippen molar-refractivity contribution in [2.45, 2.75) is 6.04 Å². The van der Waals surface area contributed by atoms with E-state index in [2.05, 4.69) is 17.9 Å². The van der Waals surface area contributed by atoms with Gasteiger partial charge in [-0.25, -0.2) is 4.79 Å². The maximum Gasteiger partial charge on any atom is 0.327 e. The molecule has 6 nitrogen and oxygen atoms in total. The van der Waals surface area contributed by atoms with Crippen molar-refractivity contribution < 1.29 is 19.5 Å². The molecular weight excluding hydrogens is 368 g/mol. The first-order chi connectivity index (χ1) is 11.3. The number of aliphatic carboxylic acids is 1. The number of carboxylic acids is 1. The van der Waals surface area contributed by atoms with E-state index in [1.54, 1.807) is 37.4 Å². The maximum atomic E-state index is 12.0. The van der Waals surface area contributed by atoms with E-state index in [1.165, 1.54) is 16.7 Å². The van der Waals surface area contributed by atoms with E-state index in [0.29, 0.717) is 14.8 Å². The number of carbonyl (C=O) groups is 3. The van der Waals surface area contributed by atoms with Crippen molar-refractivity contribution in [1.29, 1.82) is 0 Å². The van der Waals surface area contributed by atoms with Crippen LogP contribution in [0.2, 0.25) is 0 Å². The van der Waals surface area contributed by atoms with Crippen molar-refractivity contribution in [3.63, 3.8) is 0 Å². The molecule has 1 atom stereocenters. The maximum absolute atomic E-state index is 12.0. The lowest BCUT2D eigenvalue weighted by Gasteiger charge is -2.11. The zero-order valence-electron chi connectivity index (χ0n) is 12.6. The summed E-state index contributed by atoms with van der Waals surface area (Å²) in [5, 5.41) is 11.3. The van der Waals surface area contributed by atoms with Gasteiger partial charge in [-0.05, 0) is 23.8 Å². The van der Waals surface area contributed by atoms with Crippen molar-refractivity contribution in [2.75, 3.05) is 12.8 Å². The van der Waals surface area contributed by atoms with E-state index in [9.17, 15) is 14.4 Å². The Kier molecular flexibility index (Phi) is 6.03. The molecule has 1 aliphatic rings. The standard InChI is InChI=1S/C15H14N2O4S3/c1-17-13(19)11(24-15(17)23)6-8-2-4-9(5-3-8)12(18)16-10(7-22)14(20)21/h2-6,10,22H,7H2,1H3,(H,16,18)(H,20,21). The molecule has 0 spiro atoms. The molecule has 1 heterocycles. The molecule has 2 rings (SSSR count). The molecule has 9 heteroatoms. The van der Waals surface area contributed by atoms with E-state index >= 15 is 0 Å². The SMILES string of the molecule is CN1C(=O)C(=Cc2ccc(C(=O)NC(CS)C(=O)O)cc2)SC1=S. The Morgan fingerprint density at radius 3 is 2.50 bits per heavy atom. The molecule has 0 radical (unpaired) electrons. The van der Waals surface area contributed by atoms with Gasteiger partial charge in [0.25, 0.3) is 11.8 Å². The first-order valence-electron chi connectivity index (χ1n) is 6.79. The summed E-state index contributed by atoms with van der Waals surface area (Å²) in [5.41, 5.74) is 1.06. The van der Waals surface area contributed by atoms with Crippen LogP contribution in [0.5, 0.6) is 0 Å². The van der Waals surface area contributed by atoms with Crippen molar-refractivity contribution in [3.05, 3.63) is 40.3 Å². The molecule has 0 aliphatic carbocycles. The van der Waals surface area contributed by atoms with Gasteiger partial charge in [-0.1, -0.05) is 36.1 Å². The largest absolute Gasteiger partial charge is 0.480 e. The van der Waals surface area contributed by atoms with Gasteiger partial charge in [0.1, 0.15) is 10.4 Å². The van der Waals surface area contributed by atoms with Gasteiger partial charge in [-0.2, -0.15) is 12.6 Å². The third kappa shape index (κ3) is 4.16. The summed E-state index contributed by atoms with van der Waals surface area (Å²) in [6.45, 7) is 0. The van der Waals surface area contributed by atoms with Gasteiger partial charge in [-0.15, -0.1) is 0 Å². The summed E-state index contributed by atoms with van der Waals surface area (Å²) in [6, 6.07) is 5.42. The van der Waals surface area contributed by atoms with Gasteiger partial charge in [0, 0.05) is 18.4 Å². The third-order valence-corrected chi connectivity index (χ3v) is 5.09. The second-order valence-electron chi connectivity index (χ2n) is 4.91. The minimum atomic E-state index is -1.14. The molecule has 0 saturated carbocycles. The normalized spacial score (nSPS) is 17.2. The Morgan fingerprint density at radius 2 is 2.04 bits per heavy atom. The number of nitrogens with zero attached hydrogens (tertiary/aromatic N) is 1. The van der Waals surface area contributed by atoms with Gasteiger partial charge in [0.05, 0.1) is 4.91 Å². The quantitative estimate of drug-likeness (QED) is 0.408. The zero-order valence-corrected chi connectivity index (χ0v) is 15.1. The fraction of sp³-hybridized carbons (Fsp3) is 0.200. The fourth-order valence-corrected chi connectivity index (χ4v) is 3.28. The third-order valence-electron chi connectivity index (χ3n) is 3.24. The number of amides is 2. The van der Waals surface area contributed by atoms with Crippen LogP contribution < -0.4 is 5.32 Å². The summed E-state index contributed by atoms with van der Waals surface area (Å²) in [4.78, 5) is 36.8. The van der Waals surface area contributed by atoms with Gasteiger partial charge >= 0.3 is 5.97 Å². The van der Waals surface area contributed by atoms with Crippen molar-refractivity contribution >= 4 is 64.8 Å². The minimum Gasteiger partial charge on any atom is -0.480 e. The molecule has 126 valence electrons. The van der Waals surface area contributed by atoms with E-state index < -0.39 is 17.9 Å². The molecule has 0 aromatic heterocycles. The number of thioether (sulfide) groups is 1. The number of nitrogens with one attached hydrogen (secondary N) is 1. The van der Waals surface area contributed by atoms with Crippen LogP contribution in [0.1, 0.15) is 15.9 Å². The smallest absolute Gasteiger partial charge is 0.327 e. The molecule has 2 amide bonds. The molecular formula is C15H14N2O4S3. The van der Waals surface area contributed by atoms with Crippen LogP contribution in [0.25, 0.3) is 6.08 Å². The minimum absolute atomic E-state index is 0.00197. The lowest BCUT2D eigenvalue weighted by atomic mass is 10.1. The monoisotopic (exact) mass is 382 g/mol. The molecule has 1 saturated heterocycles. The van der Waals surface area contributed by atoms with Crippen LogP contribution in [0.3, 0.4) is 0 Å². The second kappa shape index (κ2) is 7.82. The zero-order chi connectivity index (χ0) is 17.9. The Labute approximate surface area is 153 Å². The van der Waals surface area contributed by atoms with Gasteiger partial charge in [-0.3, -0.25) is 14.5 Å². The summed E-state index contributed by atoms with van der Waals surface area (Å²) in [7, 11) is 1.62. The molecule has 0 bridgehead atoms. The number of carbonyl (C=O) groups excluding carboxylic acids is 2. The highest BCUT2D eigenvalue weighted by Gasteiger charge is 2.28. The van der Waals surface area contributed by atoms with Crippen LogP contribution in [0.15, 0.2) is 29.2 Å². The number of carboxylic acid groups (broad SMARTS) is 1. The van der Waals surface area contributed by atoms with E-state index in [1.807, 2.05) is 0 Å². The van der Waals surface area contributed by atoms with Gasteiger partial charge in [0.15, 0.2) is 0 Å². The van der Waals surface area contributed by atoms with Gasteiger partial charge < -0.3 is 10.4 Å². The molecule has 24 heavy (non-hydrogen) atoms. The van der Waals surface area contributed by atoms with Crippen molar-refractivity contribution in [1.82, 2.24) is 10.2 Å². The second-order valence-corrected chi connectivity index (χ2v) is 6.95. The number of thiol groups is 1.